The molecule has 0 saturated carbocycles. The monoisotopic (exact) mass is 428 g/mol. The predicted octanol–water partition coefficient (Wildman–Crippen LogP) is 3.80. The van der Waals surface area contributed by atoms with E-state index in [4.69, 9.17) is 4.74 Å². The first kappa shape index (κ1) is 19.7. The van der Waals surface area contributed by atoms with Gasteiger partial charge in [0.15, 0.2) is 0 Å². The second-order valence-electron chi connectivity index (χ2n) is 8.52. The number of hydrogen-bond acceptors (Lipinski definition) is 5. The summed E-state index contributed by atoms with van der Waals surface area (Å²) in [5.41, 5.74) is 2.08. The van der Waals surface area contributed by atoms with Crippen LogP contribution in [0.5, 0.6) is 0 Å². The number of nitrogens with zero attached hydrogens (tertiary/aromatic N) is 3. The van der Waals surface area contributed by atoms with Crippen molar-refractivity contribution in [1.82, 2.24) is 19.4 Å². The first-order valence-electron chi connectivity index (χ1n) is 10.1. The fourth-order valence-electron chi connectivity index (χ4n) is 3.90. The number of para-hydroxylation sites is 3. The lowest BCUT2D eigenvalue weighted by Gasteiger charge is -2.19. The van der Waals surface area contributed by atoms with Crippen LogP contribution in [0.25, 0.3) is 33.2 Å². The first-order chi connectivity index (χ1) is 15.2. The molecule has 0 radical (unpaired) electrons. The second-order valence-corrected chi connectivity index (χ2v) is 8.52. The van der Waals surface area contributed by atoms with Crippen LogP contribution in [0.2, 0.25) is 0 Å². The van der Waals surface area contributed by atoms with E-state index in [-0.39, 0.29) is 11.3 Å². The van der Waals surface area contributed by atoms with Crippen LogP contribution in [0.4, 0.5) is 4.79 Å². The summed E-state index contributed by atoms with van der Waals surface area (Å²) in [4.78, 5) is 43.0. The number of nitrogens with one attached hydrogen (secondary N) is 1. The number of rotatable bonds is 2. The molecule has 32 heavy (non-hydrogen) atoms. The average Bonchev–Trinajstić information content (AvgIpc) is 3.39. The van der Waals surface area contributed by atoms with Gasteiger partial charge in [0.2, 0.25) is 0 Å². The number of ether oxygens (including phenoxy) is 1. The minimum atomic E-state index is -0.691. The van der Waals surface area contributed by atoms with Crippen LogP contribution in [0.15, 0.2) is 61.1 Å². The second kappa shape index (κ2) is 6.91. The van der Waals surface area contributed by atoms with Gasteiger partial charge in [-0.25, -0.2) is 9.78 Å². The molecule has 0 bridgehead atoms. The highest BCUT2D eigenvalue weighted by Gasteiger charge is 2.35. The average molecular weight is 428 g/mol. The van der Waals surface area contributed by atoms with Crippen LogP contribution in [-0.2, 0) is 14.3 Å². The van der Waals surface area contributed by atoms with Gasteiger partial charge in [-0.1, -0.05) is 30.3 Å². The molecule has 8 heteroatoms. The third-order valence-corrected chi connectivity index (χ3v) is 5.17. The molecule has 1 aliphatic heterocycles. The summed E-state index contributed by atoms with van der Waals surface area (Å²) >= 11 is 0. The van der Waals surface area contributed by atoms with Crippen LogP contribution in [0.3, 0.4) is 0 Å². The van der Waals surface area contributed by atoms with E-state index in [1.807, 2.05) is 30.3 Å². The van der Waals surface area contributed by atoms with Crippen LogP contribution in [0.1, 0.15) is 26.3 Å². The zero-order valence-corrected chi connectivity index (χ0v) is 17.7. The van der Waals surface area contributed by atoms with Crippen molar-refractivity contribution in [3.63, 3.8) is 0 Å². The maximum absolute atomic E-state index is 12.9. The number of carbonyl (C=O) groups is 3. The zero-order chi connectivity index (χ0) is 22.6. The summed E-state index contributed by atoms with van der Waals surface area (Å²) in [6, 6.07) is 14.5. The van der Waals surface area contributed by atoms with E-state index >= 15 is 0 Å². The maximum atomic E-state index is 12.9. The van der Waals surface area contributed by atoms with E-state index in [1.165, 1.54) is 10.9 Å². The van der Waals surface area contributed by atoms with Gasteiger partial charge in [-0.3, -0.25) is 24.0 Å². The Kier molecular flexibility index (Phi) is 4.27. The molecule has 2 aromatic heterocycles. The molecule has 5 rings (SSSR count). The fourth-order valence-corrected chi connectivity index (χ4v) is 3.90. The molecule has 3 heterocycles. The van der Waals surface area contributed by atoms with Crippen LogP contribution in [0, 0.1) is 0 Å². The number of amides is 2. The molecule has 8 nitrogen and oxygen atoms in total. The largest absolute Gasteiger partial charge is 0.443 e. The van der Waals surface area contributed by atoms with E-state index in [0.29, 0.717) is 27.5 Å². The van der Waals surface area contributed by atoms with Crippen molar-refractivity contribution in [2.75, 3.05) is 0 Å². The first-order valence-corrected chi connectivity index (χ1v) is 10.1. The standard InChI is InChI=1S/C24H20N4O4/c1-24(2,3)32-23(31)27-12-15(14-8-4-6-10-17(14)27)19-20(22(30)26-21(19)29)28-13-25-16-9-5-7-11-18(16)28/h4-13H,1-3H3,(H,26,29,30). The zero-order valence-electron chi connectivity index (χ0n) is 17.7. The summed E-state index contributed by atoms with van der Waals surface area (Å²) in [6.45, 7) is 5.35. The van der Waals surface area contributed by atoms with Crippen molar-refractivity contribution in [1.29, 1.82) is 0 Å². The van der Waals surface area contributed by atoms with E-state index in [9.17, 15) is 14.4 Å². The lowest BCUT2D eigenvalue weighted by Crippen LogP contribution is -2.26. The quantitative estimate of drug-likeness (QED) is 0.490. The molecule has 0 aliphatic carbocycles. The molecule has 0 atom stereocenters. The van der Waals surface area contributed by atoms with Crippen LogP contribution < -0.4 is 5.32 Å². The minimum absolute atomic E-state index is 0.163. The fraction of sp³-hybridized carbons (Fsp3) is 0.167. The van der Waals surface area contributed by atoms with Crippen LogP contribution in [-0.4, -0.2) is 37.6 Å². The number of hydrogen-bond donors (Lipinski definition) is 1. The van der Waals surface area contributed by atoms with Crippen molar-refractivity contribution in [3.05, 3.63) is 66.6 Å². The summed E-state index contributed by atoms with van der Waals surface area (Å²) < 4.78 is 8.50. The van der Waals surface area contributed by atoms with Gasteiger partial charge in [-0.2, -0.15) is 0 Å². The Labute approximate surface area is 183 Å². The molecule has 0 unspecified atom stereocenters. The Bertz CT molecular complexity index is 1470. The molecular weight excluding hydrogens is 408 g/mol. The van der Waals surface area contributed by atoms with Crippen LogP contribution >= 0.6 is 0 Å². The molecular formula is C24H20N4O4. The number of aromatic nitrogens is 3. The van der Waals surface area contributed by atoms with E-state index in [2.05, 4.69) is 10.3 Å². The van der Waals surface area contributed by atoms with E-state index < -0.39 is 23.5 Å². The van der Waals surface area contributed by atoms with Gasteiger partial charge >= 0.3 is 6.09 Å². The maximum Gasteiger partial charge on any atom is 0.419 e. The van der Waals surface area contributed by atoms with E-state index in [0.717, 1.165) is 0 Å². The van der Waals surface area contributed by atoms with Crippen molar-refractivity contribution in [3.8, 4) is 0 Å². The molecule has 0 fully saturated rings. The lowest BCUT2D eigenvalue weighted by atomic mass is 10.0. The summed E-state index contributed by atoms with van der Waals surface area (Å²) in [5, 5.41) is 3.04. The number of carbonyl (C=O) groups excluding carboxylic acids is 3. The topological polar surface area (TPSA) is 95.2 Å². The van der Waals surface area contributed by atoms with Gasteiger partial charge in [0.25, 0.3) is 11.8 Å². The molecule has 1 aliphatic rings. The Morgan fingerprint density at radius 1 is 0.969 bits per heavy atom. The van der Waals surface area contributed by atoms with Crippen molar-refractivity contribution >= 4 is 51.1 Å². The highest BCUT2D eigenvalue weighted by molar-refractivity contribution is 6.47. The number of imidazole rings is 1. The molecule has 2 aromatic carbocycles. The molecule has 0 saturated heterocycles. The van der Waals surface area contributed by atoms with Crippen molar-refractivity contribution in [2.24, 2.45) is 0 Å². The molecule has 0 spiro atoms. The number of fused-ring (bicyclic) bond motifs is 2. The SMILES string of the molecule is CC(C)(C)OC(=O)n1cc(C2=C(n3cnc4ccccc43)C(=O)NC2=O)c2ccccc21. The molecule has 4 aromatic rings. The van der Waals surface area contributed by atoms with Gasteiger partial charge in [-0.15, -0.1) is 0 Å². The number of imide groups is 1. The lowest BCUT2D eigenvalue weighted by molar-refractivity contribution is -0.122. The Balaban J connectivity index is 1.77. The van der Waals surface area contributed by atoms with Crippen molar-refractivity contribution in [2.45, 2.75) is 26.4 Å². The van der Waals surface area contributed by atoms with E-state index in [1.54, 1.807) is 49.7 Å². The Hall–Kier alpha value is -4.20. The van der Waals surface area contributed by atoms with Crippen molar-refractivity contribution < 1.29 is 19.1 Å². The Morgan fingerprint density at radius 3 is 2.41 bits per heavy atom. The summed E-state index contributed by atoms with van der Waals surface area (Å²) in [7, 11) is 0. The Morgan fingerprint density at radius 2 is 1.66 bits per heavy atom. The third-order valence-electron chi connectivity index (χ3n) is 5.17. The molecule has 160 valence electrons. The molecule has 1 N–H and O–H groups in total. The summed E-state index contributed by atoms with van der Waals surface area (Å²) in [5.74, 6) is -1.06. The minimum Gasteiger partial charge on any atom is -0.443 e. The highest BCUT2D eigenvalue weighted by atomic mass is 16.6. The van der Waals surface area contributed by atoms with Gasteiger partial charge in [0.05, 0.1) is 22.1 Å². The summed E-state index contributed by atoms with van der Waals surface area (Å²) in [6.07, 6.45) is 2.50. The van der Waals surface area contributed by atoms with Gasteiger partial charge in [0, 0.05) is 17.1 Å². The highest BCUT2D eigenvalue weighted by Crippen LogP contribution is 2.35. The van der Waals surface area contributed by atoms with Gasteiger partial charge < -0.3 is 4.74 Å². The van der Waals surface area contributed by atoms with Gasteiger partial charge in [0.1, 0.15) is 17.6 Å². The van der Waals surface area contributed by atoms with Gasteiger partial charge in [-0.05, 0) is 39.0 Å². The number of benzene rings is 2. The smallest absolute Gasteiger partial charge is 0.419 e. The predicted molar refractivity (Wildman–Crippen MR) is 120 cm³/mol. The normalized spacial score (nSPS) is 14.5. The molecule has 2 amide bonds. The third kappa shape index (κ3) is 3.08.